The van der Waals surface area contributed by atoms with Crippen LogP contribution in [-0.4, -0.2) is 57.9 Å². The van der Waals surface area contributed by atoms with Crippen LogP contribution in [0.3, 0.4) is 0 Å². The van der Waals surface area contributed by atoms with Gasteiger partial charge in [-0.3, -0.25) is 9.58 Å². The molecule has 0 amide bonds. The zero-order valence-electron chi connectivity index (χ0n) is 23.4. The van der Waals surface area contributed by atoms with Gasteiger partial charge < -0.3 is 9.15 Å². The Bertz CT molecular complexity index is 1600. The van der Waals surface area contributed by atoms with Crippen molar-refractivity contribution in [3.8, 4) is 5.75 Å². The number of unbranched alkanes of at least 4 members (excludes halogenated alkanes) is 1. The molecular weight excluding hydrogens is 583 g/mol. The number of aryl methyl sites for hydroxylation is 2. The second-order valence-corrected chi connectivity index (χ2v) is 12.7. The second kappa shape index (κ2) is 13.6. The van der Waals surface area contributed by atoms with Crippen LogP contribution in [0.15, 0.2) is 65.4 Å². The minimum absolute atomic E-state index is 0.202. The molecule has 0 radical (unpaired) electrons. The molecule has 0 bridgehead atoms. The summed E-state index contributed by atoms with van der Waals surface area (Å²) >= 11 is 0. The van der Waals surface area contributed by atoms with E-state index >= 15 is 0 Å². The number of hydrogen-bond donors (Lipinski definition) is 0. The Kier molecular flexibility index (Phi) is 9.61. The third kappa shape index (κ3) is 9.26. The highest BCUT2D eigenvalue weighted by atomic mass is 32.2. The highest BCUT2D eigenvalue weighted by Gasteiger charge is 2.29. The van der Waals surface area contributed by atoms with Crippen molar-refractivity contribution in [1.29, 1.82) is 0 Å². The summed E-state index contributed by atoms with van der Waals surface area (Å²) in [6.45, 7) is 2.67. The average molecular weight is 616 g/mol. The van der Waals surface area contributed by atoms with Gasteiger partial charge in [0.05, 0.1) is 22.8 Å². The first-order valence-corrected chi connectivity index (χ1v) is 15.8. The summed E-state index contributed by atoms with van der Waals surface area (Å²) in [5.41, 5.74) is 2.55. The molecule has 0 atom stereocenters. The molecule has 13 heteroatoms. The molecule has 5 rings (SSSR count). The number of nitrogens with zero attached hydrogens (tertiary/aromatic N) is 5. The molecule has 43 heavy (non-hydrogen) atoms. The lowest BCUT2D eigenvalue weighted by molar-refractivity contribution is -0.137. The number of hydrogen-bond acceptors (Lipinski definition) is 8. The number of alkyl halides is 3. The van der Waals surface area contributed by atoms with E-state index in [0.717, 1.165) is 43.6 Å². The molecule has 1 fully saturated rings. The predicted molar refractivity (Wildman–Crippen MR) is 155 cm³/mol. The van der Waals surface area contributed by atoms with Crippen LogP contribution in [0.5, 0.6) is 5.75 Å². The maximum atomic E-state index is 12.7. The van der Waals surface area contributed by atoms with Crippen LogP contribution < -0.4 is 4.74 Å². The van der Waals surface area contributed by atoms with Gasteiger partial charge in [0.1, 0.15) is 24.3 Å². The number of oxazole rings is 1. The van der Waals surface area contributed by atoms with Gasteiger partial charge in [-0.2, -0.15) is 13.2 Å². The monoisotopic (exact) mass is 615 g/mol. The van der Waals surface area contributed by atoms with E-state index in [1.54, 1.807) is 12.2 Å². The van der Waals surface area contributed by atoms with Crippen molar-refractivity contribution in [2.75, 3.05) is 24.6 Å². The molecular formula is C30H32F3N5O4S. The third-order valence-corrected chi connectivity index (χ3v) is 8.66. The highest BCUT2D eigenvalue weighted by Crippen LogP contribution is 2.29. The third-order valence-electron chi connectivity index (χ3n) is 7.05. The summed E-state index contributed by atoms with van der Waals surface area (Å²) in [7, 11) is -2.89. The molecule has 0 N–H and O–H groups in total. The van der Waals surface area contributed by atoms with Crippen molar-refractivity contribution in [2.24, 2.45) is 0 Å². The Labute approximate surface area is 247 Å². The van der Waals surface area contributed by atoms with Crippen LogP contribution in [0.25, 0.3) is 12.2 Å². The maximum absolute atomic E-state index is 12.7. The zero-order chi connectivity index (χ0) is 30.3. The fourth-order valence-electron chi connectivity index (χ4n) is 4.59. The van der Waals surface area contributed by atoms with E-state index in [0.29, 0.717) is 42.5 Å². The van der Waals surface area contributed by atoms with Gasteiger partial charge in [0.2, 0.25) is 5.89 Å². The molecule has 1 aliphatic heterocycles. The van der Waals surface area contributed by atoms with Gasteiger partial charge in [0.15, 0.2) is 9.84 Å². The molecule has 9 nitrogen and oxygen atoms in total. The van der Waals surface area contributed by atoms with E-state index < -0.39 is 21.6 Å². The smallest absolute Gasteiger partial charge is 0.416 e. The lowest BCUT2D eigenvalue weighted by atomic mass is 10.1. The average Bonchev–Trinajstić information content (AvgIpc) is 3.64. The number of benzene rings is 2. The standard InChI is InChI=1S/C30H32F3N5O4S/c31-30(32,33)25-9-4-24(5-10-25)8-13-29-34-27(22-42-29)21-41-28-11-6-23(7-12-28)3-1-2-14-38-20-26(35-36-38)19-37-15-17-43(39,40)18-16-37/h4-13,20,22H,1-3,14-19,21H2. The van der Waals surface area contributed by atoms with E-state index in [1.807, 2.05) is 35.1 Å². The van der Waals surface area contributed by atoms with Crippen molar-refractivity contribution in [1.82, 2.24) is 24.9 Å². The van der Waals surface area contributed by atoms with Crippen LogP contribution in [-0.2, 0) is 42.1 Å². The zero-order valence-corrected chi connectivity index (χ0v) is 24.2. The van der Waals surface area contributed by atoms with Crippen LogP contribution in [0, 0.1) is 0 Å². The lowest BCUT2D eigenvalue weighted by Crippen LogP contribution is -2.39. The first kappa shape index (κ1) is 30.5. The maximum Gasteiger partial charge on any atom is 0.416 e. The van der Waals surface area contributed by atoms with Crippen molar-refractivity contribution >= 4 is 22.0 Å². The molecule has 2 aromatic heterocycles. The Morgan fingerprint density at radius 3 is 2.42 bits per heavy atom. The molecule has 0 spiro atoms. The van der Waals surface area contributed by atoms with Gasteiger partial charge in [-0.1, -0.05) is 29.5 Å². The number of halogens is 3. The van der Waals surface area contributed by atoms with Crippen LogP contribution >= 0.6 is 0 Å². The van der Waals surface area contributed by atoms with Crippen molar-refractivity contribution in [2.45, 2.75) is 45.1 Å². The van der Waals surface area contributed by atoms with E-state index in [4.69, 9.17) is 9.15 Å². The molecule has 4 aromatic rings. The summed E-state index contributed by atoms with van der Waals surface area (Å²) in [6.07, 6.45) is 5.13. The number of aromatic nitrogens is 4. The van der Waals surface area contributed by atoms with Crippen LogP contribution in [0.4, 0.5) is 13.2 Å². The van der Waals surface area contributed by atoms with E-state index in [-0.39, 0.29) is 18.1 Å². The first-order valence-electron chi connectivity index (χ1n) is 13.9. The minimum Gasteiger partial charge on any atom is -0.487 e. The summed E-state index contributed by atoms with van der Waals surface area (Å²) in [4.78, 5) is 6.43. The summed E-state index contributed by atoms with van der Waals surface area (Å²) in [5, 5.41) is 8.43. The fraction of sp³-hybridized carbons (Fsp3) is 0.367. The van der Waals surface area contributed by atoms with Gasteiger partial charge in [-0.25, -0.2) is 13.4 Å². The second-order valence-electron chi connectivity index (χ2n) is 10.4. The molecule has 1 aliphatic rings. The van der Waals surface area contributed by atoms with Crippen molar-refractivity contribution in [3.63, 3.8) is 0 Å². The molecule has 0 saturated carbocycles. The van der Waals surface area contributed by atoms with Gasteiger partial charge in [-0.05, 0) is 60.7 Å². The minimum atomic E-state index is -4.36. The first-order chi connectivity index (χ1) is 20.6. The molecule has 228 valence electrons. The van der Waals surface area contributed by atoms with Crippen LogP contribution in [0.2, 0.25) is 0 Å². The number of ether oxygens (including phenoxy) is 1. The van der Waals surface area contributed by atoms with Gasteiger partial charge in [0.25, 0.3) is 0 Å². The number of sulfone groups is 1. The summed E-state index contributed by atoms with van der Waals surface area (Å²) in [5.74, 6) is 1.44. The molecule has 1 saturated heterocycles. The summed E-state index contributed by atoms with van der Waals surface area (Å²) < 4.78 is 74.3. The van der Waals surface area contributed by atoms with Crippen molar-refractivity contribution in [3.05, 3.63) is 95.0 Å². The molecule has 3 heterocycles. The Hall–Kier alpha value is -3.97. The normalized spacial score (nSPS) is 15.7. The Morgan fingerprint density at radius 1 is 0.953 bits per heavy atom. The van der Waals surface area contributed by atoms with Gasteiger partial charge in [0, 0.05) is 38.5 Å². The highest BCUT2D eigenvalue weighted by molar-refractivity contribution is 7.91. The quantitative estimate of drug-likeness (QED) is 0.198. The largest absolute Gasteiger partial charge is 0.487 e. The van der Waals surface area contributed by atoms with E-state index in [9.17, 15) is 21.6 Å². The Balaban J connectivity index is 0.996. The van der Waals surface area contributed by atoms with Crippen LogP contribution in [0.1, 0.15) is 46.8 Å². The predicted octanol–water partition coefficient (Wildman–Crippen LogP) is 5.29. The van der Waals surface area contributed by atoms with Gasteiger partial charge in [-0.15, -0.1) is 5.10 Å². The van der Waals surface area contributed by atoms with Crippen molar-refractivity contribution < 1.29 is 30.7 Å². The number of rotatable bonds is 12. The molecule has 0 aliphatic carbocycles. The van der Waals surface area contributed by atoms with E-state index in [2.05, 4.69) is 20.2 Å². The summed E-state index contributed by atoms with van der Waals surface area (Å²) in [6, 6.07) is 12.7. The SMILES string of the molecule is O=S1(=O)CCN(Cc2cn(CCCCc3ccc(OCc4coc(C=Cc5ccc(C(F)(F)F)cc5)n4)cc3)nn2)CC1. The van der Waals surface area contributed by atoms with E-state index in [1.165, 1.54) is 24.0 Å². The lowest BCUT2D eigenvalue weighted by Gasteiger charge is -2.25. The Morgan fingerprint density at radius 2 is 1.70 bits per heavy atom. The molecule has 0 unspecified atom stereocenters. The fourth-order valence-corrected chi connectivity index (χ4v) is 5.86. The van der Waals surface area contributed by atoms with Gasteiger partial charge >= 0.3 is 6.18 Å². The molecule has 2 aromatic carbocycles. The topological polar surface area (TPSA) is 103 Å².